The van der Waals surface area contributed by atoms with Gasteiger partial charge >= 0.3 is 0 Å². The van der Waals surface area contributed by atoms with Crippen molar-refractivity contribution in [3.8, 4) is 22.6 Å². The first kappa shape index (κ1) is 19.0. The van der Waals surface area contributed by atoms with Crippen LogP contribution in [0.15, 0.2) is 72.8 Å². The number of anilines is 1. The number of hydrogen-bond donors (Lipinski definition) is 1. The van der Waals surface area contributed by atoms with Gasteiger partial charge in [-0.3, -0.25) is 10.1 Å². The molecule has 0 radical (unpaired) electrons. The number of ether oxygens (including phenoxy) is 2. The fourth-order valence-corrected chi connectivity index (χ4v) is 3.80. The molecule has 4 rings (SSSR count). The predicted octanol–water partition coefficient (Wildman–Crippen LogP) is 5.38. The van der Waals surface area contributed by atoms with E-state index < -0.39 is 0 Å². The zero-order valence-corrected chi connectivity index (χ0v) is 16.7. The van der Waals surface area contributed by atoms with Crippen LogP contribution < -0.4 is 14.8 Å². The molecule has 0 aliphatic carbocycles. The van der Waals surface area contributed by atoms with Gasteiger partial charge in [0.05, 0.1) is 16.8 Å². The number of fused-ring (bicyclic) bond motifs is 1. The SMILES string of the molecule is CCOc1ccc2nc(NC(=O)COc3ccc(-c4ccccc4)cc3)sc2c1. The first-order chi connectivity index (χ1) is 14.2. The van der Waals surface area contributed by atoms with Crippen molar-refractivity contribution in [1.82, 2.24) is 4.98 Å². The van der Waals surface area contributed by atoms with E-state index in [1.54, 1.807) is 0 Å². The van der Waals surface area contributed by atoms with Gasteiger partial charge in [0.2, 0.25) is 0 Å². The molecule has 0 aliphatic heterocycles. The minimum atomic E-state index is -0.249. The second-order valence-corrected chi connectivity index (χ2v) is 7.34. The molecule has 1 N–H and O–H groups in total. The summed E-state index contributed by atoms with van der Waals surface area (Å²) in [5, 5.41) is 3.34. The van der Waals surface area contributed by atoms with Gasteiger partial charge in [0.15, 0.2) is 11.7 Å². The first-order valence-electron chi connectivity index (χ1n) is 9.33. The summed E-state index contributed by atoms with van der Waals surface area (Å²) in [4.78, 5) is 16.7. The van der Waals surface area contributed by atoms with Gasteiger partial charge in [-0.2, -0.15) is 0 Å². The number of carbonyl (C=O) groups is 1. The van der Waals surface area contributed by atoms with Crippen LogP contribution in [0.2, 0.25) is 0 Å². The van der Waals surface area contributed by atoms with Crippen molar-refractivity contribution < 1.29 is 14.3 Å². The van der Waals surface area contributed by atoms with Crippen LogP contribution >= 0.6 is 11.3 Å². The quantitative estimate of drug-likeness (QED) is 0.449. The molecular formula is C23H20N2O3S. The average Bonchev–Trinajstić information content (AvgIpc) is 3.15. The molecule has 1 amide bonds. The van der Waals surface area contributed by atoms with E-state index in [-0.39, 0.29) is 12.5 Å². The molecule has 0 atom stereocenters. The Kier molecular flexibility index (Phi) is 5.72. The number of hydrogen-bond acceptors (Lipinski definition) is 5. The smallest absolute Gasteiger partial charge is 0.264 e. The molecular weight excluding hydrogens is 384 g/mol. The van der Waals surface area contributed by atoms with Gasteiger partial charge in [-0.25, -0.2) is 4.98 Å². The van der Waals surface area contributed by atoms with E-state index >= 15 is 0 Å². The summed E-state index contributed by atoms with van der Waals surface area (Å²) < 4.78 is 12.1. The van der Waals surface area contributed by atoms with E-state index in [1.807, 2.05) is 67.6 Å². The highest BCUT2D eigenvalue weighted by Crippen LogP contribution is 2.29. The van der Waals surface area contributed by atoms with Crippen molar-refractivity contribution >= 4 is 32.6 Å². The molecule has 0 bridgehead atoms. The first-order valence-corrected chi connectivity index (χ1v) is 10.1. The predicted molar refractivity (Wildman–Crippen MR) is 117 cm³/mol. The lowest BCUT2D eigenvalue weighted by Gasteiger charge is -2.07. The van der Waals surface area contributed by atoms with Crippen molar-refractivity contribution in [1.29, 1.82) is 0 Å². The van der Waals surface area contributed by atoms with E-state index in [0.717, 1.165) is 27.1 Å². The minimum Gasteiger partial charge on any atom is -0.494 e. The second kappa shape index (κ2) is 8.75. The molecule has 1 aromatic heterocycles. The number of carbonyl (C=O) groups excluding carboxylic acids is 1. The molecule has 0 saturated heterocycles. The molecule has 29 heavy (non-hydrogen) atoms. The Morgan fingerprint density at radius 1 is 0.931 bits per heavy atom. The Hall–Kier alpha value is -3.38. The number of amides is 1. The summed E-state index contributed by atoms with van der Waals surface area (Å²) in [5.74, 6) is 1.19. The van der Waals surface area contributed by atoms with Crippen molar-refractivity contribution in [2.24, 2.45) is 0 Å². The zero-order valence-electron chi connectivity index (χ0n) is 15.9. The van der Waals surface area contributed by atoms with Crippen LogP contribution in [0.25, 0.3) is 21.3 Å². The molecule has 5 nitrogen and oxygen atoms in total. The van der Waals surface area contributed by atoms with Gasteiger partial charge in [0.1, 0.15) is 11.5 Å². The van der Waals surface area contributed by atoms with Gasteiger partial charge in [0, 0.05) is 0 Å². The van der Waals surface area contributed by atoms with Crippen LogP contribution in [0, 0.1) is 0 Å². The van der Waals surface area contributed by atoms with E-state index in [1.165, 1.54) is 11.3 Å². The third-order valence-corrected chi connectivity index (χ3v) is 5.18. The Morgan fingerprint density at radius 3 is 2.41 bits per heavy atom. The molecule has 3 aromatic carbocycles. The van der Waals surface area contributed by atoms with E-state index in [0.29, 0.717) is 17.5 Å². The van der Waals surface area contributed by atoms with Crippen molar-refractivity contribution in [3.63, 3.8) is 0 Å². The van der Waals surface area contributed by atoms with E-state index in [2.05, 4.69) is 22.4 Å². The Bertz CT molecular complexity index is 1110. The number of benzene rings is 3. The van der Waals surface area contributed by atoms with Crippen molar-refractivity contribution in [2.45, 2.75) is 6.92 Å². The maximum atomic E-state index is 12.2. The third kappa shape index (κ3) is 4.73. The Labute approximate surface area is 172 Å². The summed E-state index contributed by atoms with van der Waals surface area (Å²) in [5.41, 5.74) is 3.06. The van der Waals surface area contributed by atoms with Crippen LogP contribution in [0.1, 0.15) is 6.92 Å². The fraction of sp³-hybridized carbons (Fsp3) is 0.130. The summed E-state index contributed by atoms with van der Waals surface area (Å²) in [6.07, 6.45) is 0. The molecule has 0 unspecified atom stereocenters. The molecule has 0 fully saturated rings. The van der Waals surface area contributed by atoms with Gasteiger partial charge in [-0.1, -0.05) is 53.8 Å². The number of nitrogens with zero attached hydrogens (tertiary/aromatic N) is 1. The maximum absolute atomic E-state index is 12.2. The number of aromatic nitrogens is 1. The molecule has 0 saturated carbocycles. The highest BCUT2D eigenvalue weighted by atomic mass is 32.1. The largest absolute Gasteiger partial charge is 0.494 e. The number of rotatable bonds is 7. The monoisotopic (exact) mass is 404 g/mol. The minimum absolute atomic E-state index is 0.0786. The van der Waals surface area contributed by atoms with Gasteiger partial charge < -0.3 is 9.47 Å². The summed E-state index contributed by atoms with van der Waals surface area (Å²) >= 11 is 1.41. The zero-order chi connectivity index (χ0) is 20.1. The van der Waals surface area contributed by atoms with Gasteiger partial charge in [0.25, 0.3) is 5.91 Å². The molecule has 1 heterocycles. The van der Waals surface area contributed by atoms with Crippen molar-refractivity contribution in [2.75, 3.05) is 18.5 Å². The lowest BCUT2D eigenvalue weighted by molar-refractivity contribution is -0.118. The van der Waals surface area contributed by atoms with Crippen LogP contribution in [0.5, 0.6) is 11.5 Å². The van der Waals surface area contributed by atoms with Crippen LogP contribution in [0.3, 0.4) is 0 Å². The van der Waals surface area contributed by atoms with Crippen LogP contribution in [0.4, 0.5) is 5.13 Å². The fourth-order valence-electron chi connectivity index (χ4n) is 2.89. The molecule has 6 heteroatoms. The lowest BCUT2D eigenvalue weighted by Crippen LogP contribution is -2.19. The van der Waals surface area contributed by atoms with Crippen LogP contribution in [-0.4, -0.2) is 24.1 Å². The molecule has 4 aromatic rings. The van der Waals surface area contributed by atoms with Gasteiger partial charge in [-0.05, 0) is 48.4 Å². The van der Waals surface area contributed by atoms with E-state index in [9.17, 15) is 4.79 Å². The highest BCUT2D eigenvalue weighted by molar-refractivity contribution is 7.22. The standard InChI is InChI=1S/C23H20N2O3S/c1-2-27-19-12-13-20-21(14-19)29-23(24-20)25-22(26)15-28-18-10-8-17(9-11-18)16-6-4-3-5-7-16/h3-14H,2,15H2,1H3,(H,24,25,26). The third-order valence-electron chi connectivity index (χ3n) is 4.25. The normalized spacial score (nSPS) is 10.7. The van der Waals surface area contributed by atoms with Crippen LogP contribution in [-0.2, 0) is 4.79 Å². The molecule has 0 aliphatic rings. The van der Waals surface area contributed by atoms with Gasteiger partial charge in [-0.15, -0.1) is 0 Å². The maximum Gasteiger partial charge on any atom is 0.264 e. The Morgan fingerprint density at radius 2 is 1.66 bits per heavy atom. The summed E-state index contributed by atoms with van der Waals surface area (Å²) in [6.45, 7) is 2.47. The van der Waals surface area contributed by atoms with Crippen molar-refractivity contribution in [3.05, 3.63) is 72.8 Å². The molecule has 146 valence electrons. The lowest BCUT2D eigenvalue weighted by atomic mass is 10.1. The summed E-state index contributed by atoms with van der Waals surface area (Å²) in [6, 6.07) is 23.5. The Balaban J connectivity index is 1.34. The van der Waals surface area contributed by atoms with E-state index in [4.69, 9.17) is 9.47 Å². The number of thiazole rings is 1. The average molecular weight is 404 g/mol. The summed E-state index contributed by atoms with van der Waals surface area (Å²) in [7, 11) is 0. The second-order valence-electron chi connectivity index (χ2n) is 6.31. The highest BCUT2D eigenvalue weighted by Gasteiger charge is 2.10. The topological polar surface area (TPSA) is 60.5 Å². The number of nitrogens with one attached hydrogen (secondary N) is 1. The molecule has 0 spiro atoms.